The molecule has 104 valence electrons. The van der Waals surface area contributed by atoms with Crippen molar-refractivity contribution in [2.24, 2.45) is 5.41 Å². The first-order chi connectivity index (χ1) is 8.79. The van der Waals surface area contributed by atoms with Crippen molar-refractivity contribution in [3.05, 3.63) is 30.9 Å². The van der Waals surface area contributed by atoms with E-state index in [-0.39, 0.29) is 11.3 Å². The number of amides is 1. The van der Waals surface area contributed by atoms with Gasteiger partial charge in [-0.1, -0.05) is 32.4 Å². The molecule has 19 heavy (non-hydrogen) atoms. The zero-order chi connectivity index (χ0) is 14.2. The molecule has 1 amide bonds. The second-order valence-corrected chi connectivity index (χ2v) is 9.47. The molecular weight excluding hydrogens is 390 g/mol. The lowest BCUT2D eigenvalue weighted by molar-refractivity contribution is 0.0764. The van der Waals surface area contributed by atoms with Crippen LogP contribution in [0.3, 0.4) is 0 Å². The van der Waals surface area contributed by atoms with Gasteiger partial charge in [0.2, 0.25) is 0 Å². The van der Waals surface area contributed by atoms with Crippen LogP contribution in [0, 0.1) is 5.41 Å². The summed E-state index contributed by atoms with van der Waals surface area (Å²) in [5.74, 6) is 0.109. The molecule has 0 saturated carbocycles. The van der Waals surface area contributed by atoms with Crippen molar-refractivity contribution in [2.75, 3.05) is 13.1 Å². The van der Waals surface area contributed by atoms with Crippen LogP contribution in [-0.4, -0.2) is 23.9 Å². The van der Waals surface area contributed by atoms with Gasteiger partial charge in [0.1, 0.15) is 0 Å². The van der Waals surface area contributed by atoms with Crippen molar-refractivity contribution in [1.82, 2.24) is 4.90 Å². The van der Waals surface area contributed by atoms with Crippen LogP contribution < -0.4 is 0 Å². The molecule has 1 aromatic heterocycles. The smallest absolute Gasteiger partial charge is 0.256 e. The molecule has 2 rings (SSSR count). The van der Waals surface area contributed by atoms with Crippen LogP contribution in [0.1, 0.15) is 37.6 Å². The van der Waals surface area contributed by atoms with E-state index in [4.69, 9.17) is 0 Å². The van der Waals surface area contributed by atoms with E-state index in [1.54, 1.807) is 0 Å². The fourth-order valence-corrected chi connectivity index (χ4v) is 4.97. The largest absolute Gasteiger partial charge is 0.335 e. The molecule has 0 N–H and O–H groups in total. The summed E-state index contributed by atoms with van der Waals surface area (Å²) in [6.07, 6.45) is 3.18. The predicted molar refractivity (Wildman–Crippen MR) is 87.8 cm³/mol. The molecule has 0 spiro atoms. The molecule has 2 nitrogen and oxygen atoms in total. The highest BCUT2D eigenvalue weighted by Gasteiger charge is 2.25. The van der Waals surface area contributed by atoms with E-state index in [1.807, 2.05) is 11.0 Å². The van der Waals surface area contributed by atoms with E-state index in [2.05, 4.69) is 58.7 Å². The zero-order valence-corrected chi connectivity index (χ0v) is 15.3. The normalized spacial score (nSPS) is 16.5. The highest BCUT2D eigenvalue weighted by molar-refractivity contribution is 9.12. The summed E-state index contributed by atoms with van der Waals surface area (Å²) in [5.41, 5.74) is 2.41. The van der Waals surface area contributed by atoms with Crippen molar-refractivity contribution in [3.8, 4) is 0 Å². The van der Waals surface area contributed by atoms with Gasteiger partial charge in [0.05, 0.1) is 13.1 Å². The number of rotatable bonds is 1. The van der Waals surface area contributed by atoms with E-state index >= 15 is 0 Å². The Morgan fingerprint density at radius 1 is 1.37 bits per heavy atom. The Labute approximate surface area is 135 Å². The van der Waals surface area contributed by atoms with Gasteiger partial charge in [0.25, 0.3) is 5.91 Å². The second-order valence-electron chi connectivity index (χ2n) is 5.72. The Kier molecular flexibility index (Phi) is 4.58. The summed E-state index contributed by atoms with van der Waals surface area (Å²) in [6, 6.07) is 1.89. The van der Waals surface area contributed by atoms with Gasteiger partial charge in [-0.05, 0) is 49.8 Å². The molecule has 0 radical (unpaired) electrons. The second kappa shape index (κ2) is 5.70. The zero-order valence-electron chi connectivity index (χ0n) is 11.3. The molecular formula is C14H17Br2NOS. The van der Waals surface area contributed by atoms with Gasteiger partial charge in [-0.3, -0.25) is 4.79 Å². The lowest BCUT2D eigenvalue weighted by Gasteiger charge is -2.32. The Morgan fingerprint density at radius 3 is 2.47 bits per heavy atom. The molecule has 0 saturated heterocycles. The molecule has 2 heterocycles. The number of carbonyl (C=O) groups excluding carboxylic acids is 1. The van der Waals surface area contributed by atoms with Gasteiger partial charge in [-0.25, -0.2) is 0 Å². The minimum absolute atomic E-state index is 0.109. The van der Waals surface area contributed by atoms with Crippen molar-refractivity contribution in [2.45, 2.75) is 27.2 Å². The third-order valence-electron chi connectivity index (χ3n) is 3.35. The predicted octanol–water partition coefficient (Wildman–Crippen LogP) is 5.09. The maximum atomic E-state index is 12.4. The third-order valence-corrected chi connectivity index (χ3v) is 5.69. The maximum Gasteiger partial charge on any atom is 0.256 e. The average molecular weight is 407 g/mol. The lowest BCUT2D eigenvalue weighted by atomic mass is 9.83. The molecule has 1 aliphatic heterocycles. The molecule has 0 aliphatic carbocycles. The lowest BCUT2D eigenvalue weighted by Crippen LogP contribution is -2.36. The molecule has 0 atom stereocenters. The summed E-state index contributed by atoms with van der Waals surface area (Å²) in [5, 5.41) is 0. The van der Waals surface area contributed by atoms with Crippen molar-refractivity contribution < 1.29 is 4.79 Å². The third kappa shape index (κ3) is 3.50. The summed E-state index contributed by atoms with van der Waals surface area (Å²) in [7, 11) is 0. The van der Waals surface area contributed by atoms with Crippen LogP contribution in [-0.2, 0) is 0 Å². The van der Waals surface area contributed by atoms with Gasteiger partial charge in [-0.2, -0.15) is 0 Å². The van der Waals surface area contributed by atoms with Crippen LogP contribution in [0.5, 0.6) is 0 Å². The van der Waals surface area contributed by atoms with Gasteiger partial charge >= 0.3 is 0 Å². The van der Waals surface area contributed by atoms with Crippen LogP contribution in [0.25, 0.3) is 0 Å². The van der Waals surface area contributed by atoms with Crippen molar-refractivity contribution in [3.63, 3.8) is 0 Å². The number of hydrogen-bond acceptors (Lipinski definition) is 2. The standard InChI is InChI=1S/C14H17Br2NOS/c1-14(2,3)9-4-6-17(7-5-9)13(18)10-8-11(15)19-12(10)16/h4,8H,5-7H2,1-3H3. The van der Waals surface area contributed by atoms with Gasteiger partial charge in [0.15, 0.2) is 0 Å². The van der Waals surface area contributed by atoms with E-state index in [0.717, 1.165) is 26.1 Å². The SMILES string of the molecule is CC(C)(C)C1=CCN(C(=O)c2cc(Br)sc2Br)CC1. The molecule has 0 aromatic carbocycles. The topological polar surface area (TPSA) is 20.3 Å². The Hall–Kier alpha value is -0.130. The Balaban J connectivity index is 2.12. The molecule has 5 heteroatoms. The van der Waals surface area contributed by atoms with E-state index < -0.39 is 0 Å². The quantitative estimate of drug-likeness (QED) is 0.594. The van der Waals surface area contributed by atoms with Crippen molar-refractivity contribution in [1.29, 1.82) is 0 Å². The van der Waals surface area contributed by atoms with E-state index in [1.165, 1.54) is 16.9 Å². The number of carbonyl (C=O) groups is 1. The highest BCUT2D eigenvalue weighted by atomic mass is 79.9. The Bertz CT molecular complexity index is 528. The first-order valence-electron chi connectivity index (χ1n) is 6.22. The summed E-state index contributed by atoms with van der Waals surface area (Å²) < 4.78 is 1.88. The van der Waals surface area contributed by atoms with Gasteiger partial charge < -0.3 is 4.90 Å². The fraction of sp³-hybridized carbons (Fsp3) is 0.500. The number of thiophene rings is 1. The number of hydrogen-bond donors (Lipinski definition) is 0. The highest BCUT2D eigenvalue weighted by Crippen LogP contribution is 2.34. The fourth-order valence-electron chi connectivity index (χ4n) is 2.19. The van der Waals surface area contributed by atoms with Gasteiger partial charge in [0, 0.05) is 13.1 Å². The van der Waals surface area contributed by atoms with E-state index in [0.29, 0.717) is 6.54 Å². The monoisotopic (exact) mass is 405 g/mol. The molecule has 1 aliphatic rings. The van der Waals surface area contributed by atoms with Gasteiger partial charge in [-0.15, -0.1) is 11.3 Å². The number of nitrogens with zero attached hydrogens (tertiary/aromatic N) is 1. The minimum Gasteiger partial charge on any atom is -0.335 e. The maximum absolute atomic E-state index is 12.4. The first-order valence-corrected chi connectivity index (χ1v) is 8.63. The average Bonchev–Trinajstić information content (AvgIpc) is 2.66. The summed E-state index contributed by atoms with van der Waals surface area (Å²) in [4.78, 5) is 14.4. The molecule has 0 fully saturated rings. The molecule has 0 unspecified atom stereocenters. The first kappa shape index (κ1) is 15.3. The minimum atomic E-state index is 0.109. The molecule has 1 aromatic rings. The van der Waals surface area contributed by atoms with Crippen LogP contribution in [0.15, 0.2) is 25.3 Å². The van der Waals surface area contributed by atoms with Crippen LogP contribution in [0.4, 0.5) is 0 Å². The summed E-state index contributed by atoms with van der Waals surface area (Å²) >= 11 is 8.41. The molecule has 0 bridgehead atoms. The Morgan fingerprint density at radius 2 is 2.05 bits per heavy atom. The van der Waals surface area contributed by atoms with Crippen LogP contribution >= 0.6 is 43.2 Å². The van der Waals surface area contributed by atoms with Crippen molar-refractivity contribution >= 4 is 49.1 Å². The summed E-state index contributed by atoms with van der Waals surface area (Å²) in [6.45, 7) is 8.20. The number of halogens is 2. The van der Waals surface area contributed by atoms with E-state index in [9.17, 15) is 4.79 Å². The van der Waals surface area contributed by atoms with Crippen LogP contribution in [0.2, 0.25) is 0 Å².